The minimum absolute atomic E-state index is 0.0115. The largest absolute Gasteiger partial charge is 0.392 e. The zero-order valence-electron chi connectivity index (χ0n) is 15.8. The van der Waals surface area contributed by atoms with Crippen LogP contribution in [0, 0.1) is 11.7 Å². The lowest BCUT2D eigenvalue weighted by atomic mass is 10.1. The van der Waals surface area contributed by atoms with Crippen molar-refractivity contribution in [3.05, 3.63) is 42.0 Å². The molecule has 5 nitrogen and oxygen atoms in total. The zero-order valence-corrected chi connectivity index (χ0v) is 15.8. The van der Waals surface area contributed by atoms with Crippen LogP contribution in [0.4, 0.5) is 17.6 Å². The Morgan fingerprint density at radius 3 is 2.66 bits per heavy atom. The Hall–Kier alpha value is -2.71. The molecule has 9 heteroatoms. The van der Waals surface area contributed by atoms with E-state index in [0.717, 1.165) is 19.8 Å². The average molecular weight is 411 g/mol. The van der Waals surface area contributed by atoms with E-state index in [1.807, 2.05) is 0 Å². The molecule has 2 aromatic rings. The molecular formula is C20H21F4N3O2. The predicted octanol–water partition coefficient (Wildman–Crippen LogP) is 3.68. The van der Waals surface area contributed by atoms with Gasteiger partial charge in [-0.1, -0.05) is 13.0 Å². The number of pyridine rings is 1. The van der Waals surface area contributed by atoms with Crippen LogP contribution in [0.5, 0.6) is 0 Å². The van der Waals surface area contributed by atoms with Crippen LogP contribution in [0.2, 0.25) is 0 Å². The number of carbonyl (C=O) groups excluding carboxylic acids is 2. The summed E-state index contributed by atoms with van der Waals surface area (Å²) < 4.78 is 52.4. The summed E-state index contributed by atoms with van der Waals surface area (Å²) in [6.45, 7) is 1.06. The van der Waals surface area contributed by atoms with Gasteiger partial charge in [-0.2, -0.15) is 13.2 Å². The third-order valence-corrected chi connectivity index (χ3v) is 4.99. The molecule has 1 atom stereocenters. The minimum Gasteiger partial charge on any atom is -0.350 e. The molecule has 1 aliphatic carbocycles. The lowest BCUT2D eigenvalue weighted by molar-refractivity contribution is -0.176. The van der Waals surface area contributed by atoms with Gasteiger partial charge in [0, 0.05) is 43.3 Å². The third kappa shape index (κ3) is 5.02. The molecule has 1 saturated carbocycles. The van der Waals surface area contributed by atoms with Crippen LogP contribution in [0.25, 0.3) is 10.8 Å². The average Bonchev–Trinajstić information content (AvgIpc) is 3.49. The number of benzene rings is 1. The van der Waals surface area contributed by atoms with E-state index in [2.05, 4.69) is 10.3 Å². The van der Waals surface area contributed by atoms with E-state index >= 15 is 0 Å². The van der Waals surface area contributed by atoms with Crippen molar-refractivity contribution < 1.29 is 27.2 Å². The number of hydrogen-bond donors (Lipinski definition) is 1. The number of halogens is 4. The summed E-state index contributed by atoms with van der Waals surface area (Å²) in [5, 5.41) is 3.58. The van der Waals surface area contributed by atoms with Crippen molar-refractivity contribution in [1.82, 2.24) is 15.2 Å². The predicted molar refractivity (Wildman–Crippen MR) is 98.6 cm³/mol. The van der Waals surface area contributed by atoms with E-state index in [1.165, 1.54) is 23.4 Å². The van der Waals surface area contributed by atoms with Crippen molar-refractivity contribution >= 4 is 22.6 Å². The lowest BCUT2D eigenvalue weighted by Gasteiger charge is -2.25. The summed E-state index contributed by atoms with van der Waals surface area (Å²) in [4.78, 5) is 30.1. The molecule has 0 saturated heterocycles. The molecule has 1 unspecified atom stereocenters. The summed E-state index contributed by atoms with van der Waals surface area (Å²) in [6, 6.07) is 4.29. The quantitative estimate of drug-likeness (QED) is 0.707. The maximum atomic E-state index is 14.2. The highest BCUT2D eigenvalue weighted by molar-refractivity contribution is 6.07. The first kappa shape index (κ1) is 21.0. The first-order chi connectivity index (χ1) is 13.7. The Morgan fingerprint density at radius 1 is 1.28 bits per heavy atom. The first-order valence-electron chi connectivity index (χ1n) is 9.35. The Bertz CT molecular complexity index is 912. The monoisotopic (exact) mass is 411 g/mol. The van der Waals surface area contributed by atoms with Gasteiger partial charge in [0.2, 0.25) is 5.91 Å². The second-order valence-corrected chi connectivity index (χ2v) is 7.24. The highest BCUT2D eigenvalue weighted by Gasteiger charge is 2.40. The first-order valence-corrected chi connectivity index (χ1v) is 9.35. The summed E-state index contributed by atoms with van der Waals surface area (Å²) >= 11 is 0. The van der Waals surface area contributed by atoms with Crippen LogP contribution in [0.3, 0.4) is 0 Å². The molecule has 156 valence electrons. The summed E-state index contributed by atoms with van der Waals surface area (Å²) in [5.41, 5.74) is -0.148. The Labute approximate surface area is 165 Å². The van der Waals surface area contributed by atoms with Gasteiger partial charge in [-0.15, -0.1) is 0 Å². The molecule has 1 heterocycles. The zero-order chi connectivity index (χ0) is 21.2. The molecule has 0 radical (unpaired) electrons. The molecule has 0 spiro atoms. The van der Waals surface area contributed by atoms with Crippen molar-refractivity contribution in [2.45, 2.75) is 38.4 Å². The van der Waals surface area contributed by atoms with E-state index in [4.69, 9.17) is 0 Å². The fourth-order valence-electron chi connectivity index (χ4n) is 3.14. The molecule has 3 rings (SSSR count). The van der Waals surface area contributed by atoms with Crippen LogP contribution in [0.1, 0.15) is 36.5 Å². The van der Waals surface area contributed by atoms with Crippen LogP contribution < -0.4 is 5.32 Å². The number of amides is 2. The van der Waals surface area contributed by atoms with Gasteiger partial charge in [0.15, 0.2) is 0 Å². The van der Waals surface area contributed by atoms with Gasteiger partial charge >= 0.3 is 6.18 Å². The minimum atomic E-state index is -4.43. The van der Waals surface area contributed by atoms with E-state index in [-0.39, 0.29) is 24.7 Å². The van der Waals surface area contributed by atoms with Gasteiger partial charge in [-0.05, 0) is 30.4 Å². The van der Waals surface area contributed by atoms with Gasteiger partial charge in [-0.3, -0.25) is 14.6 Å². The van der Waals surface area contributed by atoms with Crippen LogP contribution in [-0.4, -0.2) is 47.0 Å². The van der Waals surface area contributed by atoms with Crippen molar-refractivity contribution in [3.63, 3.8) is 0 Å². The molecule has 29 heavy (non-hydrogen) atoms. The maximum absolute atomic E-state index is 14.2. The smallest absolute Gasteiger partial charge is 0.350 e. The number of alkyl halides is 3. The standard InChI is InChI=1S/C20H21F4N3O2/c1-12(20(22,23)24)10-17(28)27(14-3-4-14)9-8-26-19(29)18-15-11-25-7-6-13(15)2-5-16(18)21/h2,5-7,11-12,14H,3-4,8-10H2,1H3,(H,26,29). The van der Waals surface area contributed by atoms with Crippen LogP contribution >= 0.6 is 0 Å². The fourth-order valence-corrected chi connectivity index (χ4v) is 3.14. The van der Waals surface area contributed by atoms with Gasteiger partial charge in [0.1, 0.15) is 5.82 Å². The number of nitrogens with zero attached hydrogens (tertiary/aromatic N) is 2. The lowest BCUT2D eigenvalue weighted by Crippen LogP contribution is -2.41. The normalized spacial score (nSPS) is 15.2. The molecule has 0 aliphatic heterocycles. The number of hydrogen-bond acceptors (Lipinski definition) is 3. The highest BCUT2D eigenvalue weighted by atomic mass is 19.4. The number of aromatic nitrogens is 1. The SMILES string of the molecule is CC(CC(=O)N(CCNC(=O)c1c(F)ccc2ccncc12)C1CC1)C(F)(F)F. The Morgan fingerprint density at radius 2 is 2.00 bits per heavy atom. The molecule has 1 aromatic heterocycles. The second-order valence-electron chi connectivity index (χ2n) is 7.24. The van der Waals surface area contributed by atoms with Crippen molar-refractivity contribution in [1.29, 1.82) is 0 Å². The molecule has 1 aliphatic rings. The molecule has 1 aromatic carbocycles. The number of carbonyl (C=O) groups is 2. The van der Waals surface area contributed by atoms with Crippen molar-refractivity contribution in [2.24, 2.45) is 5.92 Å². The van der Waals surface area contributed by atoms with Gasteiger partial charge in [-0.25, -0.2) is 4.39 Å². The molecular weight excluding hydrogens is 390 g/mol. The summed E-state index contributed by atoms with van der Waals surface area (Å²) in [7, 11) is 0. The van der Waals surface area contributed by atoms with Crippen molar-refractivity contribution in [2.75, 3.05) is 13.1 Å². The van der Waals surface area contributed by atoms with E-state index in [1.54, 1.807) is 12.1 Å². The fraction of sp³-hybridized carbons (Fsp3) is 0.450. The highest BCUT2D eigenvalue weighted by Crippen LogP contribution is 2.32. The molecule has 0 bridgehead atoms. The van der Waals surface area contributed by atoms with Crippen LogP contribution in [-0.2, 0) is 4.79 Å². The maximum Gasteiger partial charge on any atom is 0.392 e. The van der Waals surface area contributed by atoms with Gasteiger partial charge in [0.05, 0.1) is 11.5 Å². The van der Waals surface area contributed by atoms with Crippen molar-refractivity contribution in [3.8, 4) is 0 Å². The Balaban J connectivity index is 1.63. The van der Waals surface area contributed by atoms with E-state index in [0.29, 0.717) is 10.8 Å². The second kappa shape index (κ2) is 8.34. The van der Waals surface area contributed by atoms with Crippen LogP contribution in [0.15, 0.2) is 30.6 Å². The van der Waals surface area contributed by atoms with E-state index in [9.17, 15) is 27.2 Å². The van der Waals surface area contributed by atoms with Gasteiger partial charge in [0.25, 0.3) is 5.91 Å². The number of rotatable bonds is 7. The summed E-state index contributed by atoms with van der Waals surface area (Å²) in [6.07, 6.45) is -0.682. The molecule has 1 N–H and O–H groups in total. The summed E-state index contributed by atoms with van der Waals surface area (Å²) in [5.74, 6) is -3.68. The molecule has 1 fully saturated rings. The Kier molecular flexibility index (Phi) is 6.04. The topological polar surface area (TPSA) is 62.3 Å². The van der Waals surface area contributed by atoms with E-state index < -0.39 is 36.1 Å². The number of nitrogens with one attached hydrogen (secondary N) is 1. The molecule has 2 amide bonds. The third-order valence-electron chi connectivity index (χ3n) is 4.99. The van der Waals surface area contributed by atoms with Gasteiger partial charge < -0.3 is 10.2 Å². The number of fused-ring (bicyclic) bond motifs is 1.